The highest BCUT2D eigenvalue weighted by atomic mass is 32.2. The Hall–Kier alpha value is -1.61. The molecule has 1 saturated heterocycles. The van der Waals surface area contributed by atoms with E-state index in [4.69, 9.17) is 0 Å². The van der Waals surface area contributed by atoms with Crippen LogP contribution >= 0.6 is 0 Å². The van der Waals surface area contributed by atoms with Crippen LogP contribution in [-0.4, -0.2) is 49.6 Å². The standard InChI is InChI=1S/C12H15N5O2S/c18-20(19,16-17-5-3-13-4-6-17)11-1-2-12-10(7-11)8-14-9-15-12/h1-2,7-9,13,16H,3-6H2. The number of rotatable bonds is 3. The summed E-state index contributed by atoms with van der Waals surface area (Å²) in [5, 5.41) is 5.58. The molecule has 1 aromatic carbocycles. The molecular formula is C12H15N5O2S. The molecule has 0 aliphatic carbocycles. The summed E-state index contributed by atoms with van der Waals surface area (Å²) in [4.78, 5) is 10.8. The van der Waals surface area contributed by atoms with Gasteiger partial charge in [0.25, 0.3) is 10.0 Å². The van der Waals surface area contributed by atoms with Crippen molar-refractivity contribution in [1.29, 1.82) is 0 Å². The number of piperazine rings is 1. The Bertz CT molecular complexity index is 713. The third-order valence-corrected chi connectivity index (χ3v) is 4.53. The number of hydrogen-bond donors (Lipinski definition) is 2. The number of fused-ring (bicyclic) bond motifs is 1. The predicted molar refractivity (Wildman–Crippen MR) is 74.3 cm³/mol. The first kappa shape index (κ1) is 13.4. The van der Waals surface area contributed by atoms with Crippen molar-refractivity contribution in [3.8, 4) is 0 Å². The minimum atomic E-state index is -3.56. The van der Waals surface area contributed by atoms with Gasteiger partial charge in [0.2, 0.25) is 0 Å². The van der Waals surface area contributed by atoms with Gasteiger partial charge in [0.15, 0.2) is 0 Å². The van der Waals surface area contributed by atoms with Crippen LogP contribution in [0.5, 0.6) is 0 Å². The topological polar surface area (TPSA) is 87.2 Å². The molecule has 0 radical (unpaired) electrons. The van der Waals surface area contributed by atoms with Crippen molar-refractivity contribution in [2.45, 2.75) is 4.90 Å². The van der Waals surface area contributed by atoms with Crippen molar-refractivity contribution in [2.24, 2.45) is 0 Å². The molecule has 0 unspecified atom stereocenters. The number of aromatic nitrogens is 2. The first-order valence-corrected chi connectivity index (χ1v) is 7.81. The molecule has 0 saturated carbocycles. The Morgan fingerprint density at radius 1 is 1.25 bits per heavy atom. The van der Waals surface area contributed by atoms with E-state index in [1.807, 2.05) is 0 Å². The van der Waals surface area contributed by atoms with Crippen LogP contribution in [-0.2, 0) is 10.0 Å². The third kappa shape index (κ3) is 2.78. The lowest BCUT2D eigenvalue weighted by Crippen LogP contribution is -2.52. The van der Waals surface area contributed by atoms with Gasteiger partial charge >= 0.3 is 0 Å². The van der Waals surface area contributed by atoms with Gasteiger partial charge < -0.3 is 5.32 Å². The fraction of sp³-hybridized carbons (Fsp3) is 0.333. The third-order valence-electron chi connectivity index (χ3n) is 3.15. The van der Waals surface area contributed by atoms with Crippen molar-refractivity contribution in [2.75, 3.05) is 26.2 Å². The summed E-state index contributed by atoms with van der Waals surface area (Å²) in [6.45, 7) is 2.84. The first-order chi connectivity index (χ1) is 9.65. The van der Waals surface area contributed by atoms with Crippen molar-refractivity contribution >= 4 is 20.9 Å². The minimum Gasteiger partial charge on any atom is -0.314 e. The number of benzene rings is 1. The van der Waals surface area contributed by atoms with Gasteiger partial charge in [-0.1, -0.05) is 0 Å². The lowest BCUT2D eigenvalue weighted by molar-refractivity contribution is 0.211. The number of nitrogens with one attached hydrogen (secondary N) is 2. The number of nitrogens with zero attached hydrogens (tertiary/aromatic N) is 3. The highest BCUT2D eigenvalue weighted by molar-refractivity contribution is 7.89. The van der Waals surface area contributed by atoms with Gasteiger partial charge in [0, 0.05) is 37.8 Å². The van der Waals surface area contributed by atoms with Gasteiger partial charge in [0.05, 0.1) is 10.4 Å². The highest BCUT2D eigenvalue weighted by Crippen LogP contribution is 2.16. The summed E-state index contributed by atoms with van der Waals surface area (Å²) < 4.78 is 24.7. The van der Waals surface area contributed by atoms with Crippen molar-refractivity contribution < 1.29 is 8.42 Å². The van der Waals surface area contributed by atoms with E-state index >= 15 is 0 Å². The molecule has 20 heavy (non-hydrogen) atoms. The first-order valence-electron chi connectivity index (χ1n) is 6.33. The van der Waals surface area contributed by atoms with Crippen LogP contribution in [0.2, 0.25) is 0 Å². The summed E-state index contributed by atoms with van der Waals surface area (Å²) in [6, 6.07) is 4.82. The van der Waals surface area contributed by atoms with E-state index < -0.39 is 10.0 Å². The van der Waals surface area contributed by atoms with Crippen LogP contribution in [0, 0.1) is 0 Å². The molecular weight excluding hydrogens is 278 g/mol. The second-order valence-corrected chi connectivity index (χ2v) is 6.24. The Morgan fingerprint density at radius 2 is 2.05 bits per heavy atom. The van der Waals surface area contributed by atoms with Crippen LogP contribution in [0.4, 0.5) is 0 Å². The van der Waals surface area contributed by atoms with Gasteiger partial charge in [-0.05, 0) is 18.2 Å². The van der Waals surface area contributed by atoms with Crippen molar-refractivity contribution in [1.82, 2.24) is 25.1 Å². The zero-order valence-electron chi connectivity index (χ0n) is 10.8. The van der Waals surface area contributed by atoms with Crippen LogP contribution in [0.3, 0.4) is 0 Å². The molecule has 8 heteroatoms. The monoisotopic (exact) mass is 293 g/mol. The SMILES string of the molecule is O=S(=O)(NN1CCNCC1)c1ccc2ncncc2c1. The van der Waals surface area contributed by atoms with Gasteiger partial charge in [-0.2, -0.15) is 0 Å². The average Bonchev–Trinajstić information content (AvgIpc) is 2.47. The number of sulfonamides is 1. The Kier molecular flexibility index (Phi) is 3.62. The van der Waals surface area contributed by atoms with Crippen LogP contribution in [0.1, 0.15) is 0 Å². The predicted octanol–water partition coefficient (Wildman–Crippen LogP) is -0.272. The molecule has 0 amide bonds. The molecule has 2 N–H and O–H groups in total. The van der Waals surface area contributed by atoms with Gasteiger partial charge in [-0.15, -0.1) is 4.83 Å². The van der Waals surface area contributed by atoms with Crippen LogP contribution < -0.4 is 10.1 Å². The second kappa shape index (κ2) is 5.41. The fourth-order valence-electron chi connectivity index (χ4n) is 2.11. The van der Waals surface area contributed by atoms with E-state index in [0.29, 0.717) is 18.5 Å². The fourth-order valence-corrected chi connectivity index (χ4v) is 3.27. The zero-order chi connectivity index (χ0) is 14.0. The Labute approximate surface area is 117 Å². The van der Waals surface area contributed by atoms with Gasteiger partial charge in [-0.25, -0.2) is 23.4 Å². The number of hydrogen-bond acceptors (Lipinski definition) is 6. The van der Waals surface area contributed by atoms with E-state index in [9.17, 15) is 8.42 Å². The quantitative estimate of drug-likeness (QED) is 0.810. The molecule has 7 nitrogen and oxygen atoms in total. The van der Waals surface area contributed by atoms with E-state index in [2.05, 4.69) is 20.1 Å². The summed E-state index contributed by atoms with van der Waals surface area (Å²) in [6.07, 6.45) is 3.04. The summed E-state index contributed by atoms with van der Waals surface area (Å²) in [5.41, 5.74) is 0.723. The molecule has 3 rings (SSSR count). The molecule has 1 fully saturated rings. The molecule has 2 heterocycles. The molecule has 0 bridgehead atoms. The van der Waals surface area contributed by atoms with E-state index in [1.165, 1.54) is 6.33 Å². The van der Waals surface area contributed by atoms with Gasteiger partial charge in [0.1, 0.15) is 6.33 Å². The number of hydrazine groups is 1. The van der Waals surface area contributed by atoms with Crippen LogP contribution in [0.15, 0.2) is 35.6 Å². The van der Waals surface area contributed by atoms with Crippen LogP contribution in [0.25, 0.3) is 10.9 Å². The Balaban J connectivity index is 1.88. The summed E-state index contributed by atoms with van der Waals surface area (Å²) in [7, 11) is -3.56. The molecule has 1 aliphatic heterocycles. The highest BCUT2D eigenvalue weighted by Gasteiger charge is 2.20. The lowest BCUT2D eigenvalue weighted by atomic mass is 10.2. The maximum Gasteiger partial charge on any atom is 0.253 e. The van der Waals surface area contributed by atoms with E-state index in [1.54, 1.807) is 29.4 Å². The van der Waals surface area contributed by atoms with Gasteiger partial charge in [-0.3, -0.25) is 0 Å². The summed E-state index contributed by atoms with van der Waals surface area (Å²) >= 11 is 0. The maximum atomic E-state index is 12.3. The largest absolute Gasteiger partial charge is 0.314 e. The molecule has 106 valence electrons. The van der Waals surface area contributed by atoms with E-state index in [0.717, 1.165) is 18.6 Å². The molecule has 1 aliphatic rings. The molecule has 1 aromatic heterocycles. The second-order valence-electron chi connectivity index (χ2n) is 4.58. The maximum absolute atomic E-state index is 12.3. The smallest absolute Gasteiger partial charge is 0.253 e. The molecule has 0 spiro atoms. The molecule has 0 atom stereocenters. The zero-order valence-corrected chi connectivity index (χ0v) is 11.6. The average molecular weight is 293 g/mol. The lowest BCUT2D eigenvalue weighted by Gasteiger charge is -2.27. The summed E-state index contributed by atoms with van der Waals surface area (Å²) in [5.74, 6) is 0. The van der Waals surface area contributed by atoms with Crippen molar-refractivity contribution in [3.05, 3.63) is 30.7 Å². The molecule has 2 aromatic rings. The minimum absolute atomic E-state index is 0.221. The van der Waals surface area contributed by atoms with E-state index in [-0.39, 0.29) is 4.90 Å². The Morgan fingerprint density at radius 3 is 2.85 bits per heavy atom. The van der Waals surface area contributed by atoms with Crippen molar-refractivity contribution in [3.63, 3.8) is 0 Å². The normalized spacial score (nSPS) is 17.4.